The van der Waals surface area contributed by atoms with Gasteiger partial charge in [-0.15, -0.1) is 0 Å². The summed E-state index contributed by atoms with van der Waals surface area (Å²) in [4.78, 5) is 23.9. The molecule has 1 N–H and O–H groups in total. The molecular formula is C16H16F3N3O4. The Kier molecular flexibility index (Phi) is 5.86. The minimum Gasteiger partial charge on any atom is -0.482 e. The van der Waals surface area contributed by atoms with E-state index in [2.05, 4.69) is 5.10 Å². The van der Waals surface area contributed by atoms with Gasteiger partial charge in [-0.05, 0) is 23.8 Å². The van der Waals surface area contributed by atoms with Gasteiger partial charge in [0, 0.05) is 19.8 Å². The van der Waals surface area contributed by atoms with Crippen LogP contribution in [0.25, 0.3) is 0 Å². The van der Waals surface area contributed by atoms with Gasteiger partial charge in [0.05, 0.1) is 0 Å². The van der Waals surface area contributed by atoms with E-state index in [0.29, 0.717) is 5.75 Å². The maximum atomic E-state index is 12.5. The molecule has 0 radical (unpaired) electrons. The number of alkyl halides is 3. The van der Waals surface area contributed by atoms with Crippen LogP contribution in [0.1, 0.15) is 11.3 Å². The van der Waals surface area contributed by atoms with E-state index in [-0.39, 0.29) is 13.1 Å². The second kappa shape index (κ2) is 7.89. The lowest BCUT2D eigenvalue weighted by Gasteiger charge is -2.17. The number of benzene rings is 1. The number of hydrogen-bond donors (Lipinski definition) is 1. The molecule has 140 valence electrons. The number of hydrogen-bond acceptors (Lipinski definition) is 4. The number of carbonyl (C=O) groups excluding carboxylic acids is 1. The lowest BCUT2D eigenvalue weighted by Crippen LogP contribution is -2.30. The molecule has 1 aromatic carbocycles. The number of carbonyl (C=O) groups is 2. The number of carboxylic acids is 1. The highest BCUT2D eigenvalue weighted by molar-refractivity contribution is 5.75. The van der Waals surface area contributed by atoms with E-state index >= 15 is 0 Å². The number of ether oxygens (including phenoxy) is 1. The Bertz CT molecular complexity index is 772. The number of aliphatic carboxylic acids is 1. The number of halogens is 3. The van der Waals surface area contributed by atoms with Crippen molar-refractivity contribution in [2.24, 2.45) is 0 Å². The molecule has 0 aliphatic carbocycles. The zero-order valence-corrected chi connectivity index (χ0v) is 13.7. The number of carboxylic acid groups (broad SMARTS) is 1. The van der Waals surface area contributed by atoms with Gasteiger partial charge in [0.1, 0.15) is 12.3 Å². The highest BCUT2D eigenvalue weighted by Gasteiger charge is 2.33. The molecule has 1 heterocycles. The first-order valence-corrected chi connectivity index (χ1v) is 7.43. The Labute approximate surface area is 146 Å². The zero-order chi connectivity index (χ0) is 19.3. The highest BCUT2D eigenvalue weighted by atomic mass is 19.4. The third-order valence-electron chi connectivity index (χ3n) is 3.36. The van der Waals surface area contributed by atoms with Crippen LogP contribution in [-0.4, -0.2) is 45.3 Å². The average molecular weight is 371 g/mol. The first kappa shape index (κ1) is 19.3. The molecule has 0 fully saturated rings. The molecule has 2 aromatic rings. The molecule has 0 saturated heterocycles. The van der Waals surface area contributed by atoms with Crippen molar-refractivity contribution in [3.8, 4) is 5.75 Å². The first-order valence-electron chi connectivity index (χ1n) is 7.43. The van der Waals surface area contributed by atoms with Crippen molar-refractivity contribution in [2.45, 2.75) is 19.3 Å². The van der Waals surface area contributed by atoms with Gasteiger partial charge in [-0.25, -0.2) is 4.79 Å². The van der Waals surface area contributed by atoms with Crippen LogP contribution in [0, 0.1) is 0 Å². The normalized spacial score (nSPS) is 11.2. The van der Waals surface area contributed by atoms with Crippen LogP contribution < -0.4 is 4.74 Å². The lowest BCUT2D eigenvalue weighted by molar-refractivity contribution is -0.142. The van der Waals surface area contributed by atoms with Crippen molar-refractivity contribution < 1.29 is 32.6 Å². The van der Waals surface area contributed by atoms with Gasteiger partial charge in [-0.1, -0.05) is 12.1 Å². The van der Waals surface area contributed by atoms with Crippen molar-refractivity contribution in [1.82, 2.24) is 14.7 Å². The van der Waals surface area contributed by atoms with Crippen LogP contribution >= 0.6 is 0 Å². The van der Waals surface area contributed by atoms with Gasteiger partial charge < -0.3 is 14.7 Å². The van der Waals surface area contributed by atoms with Gasteiger partial charge in [0.2, 0.25) is 5.91 Å². The Morgan fingerprint density at radius 1 is 1.23 bits per heavy atom. The quantitative estimate of drug-likeness (QED) is 0.805. The molecular weight excluding hydrogens is 355 g/mol. The third kappa shape index (κ3) is 5.50. The predicted molar refractivity (Wildman–Crippen MR) is 83.3 cm³/mol. The Balaban J connectivity index is 1.90. The number of rotatable bonds is 7. The Morgan fingerprint density at radius 3 is 2.42 bits per heavy atom. The number of likely N-dealkylation sites (N-methyl/N-ethyl adjacent to an activating group) is 1. The maximum Gasteiger partial charge on any atom is 0.435 e. The highest BCUT2D eigenvalue weighted by Crippen LogP contribution is 2.27. The molecule has 0 atom stereocenters. The molecule has 26 heavy (non-hydrogen) atoms. The molecule has 0 spiro atoms. The molecule has 0 unspecified atom stereocenters. The van der Waals surface area contributed by atoms with Crippen LogP contribution in [-0.2, 0) is 28.9 Å². The molecule has 10 heteroatoms. The predicted octanol–water partition coefficient (Wildman–Crippen LogP) is 2.02. The van der Waals surface area contributed by atoms with E-state index in [1.807, 2.05) is 0 Å². The standard InChI is InChI=1S/C16H16F3N3O4/c1-21(8-11-2-4-12(5-3-11)26-10-15(24)25)14(23)9-22-7-6-13(20-22)16(17,18)19/h2-7H,8-10H2,1H3,(H,24,25). The lowest BCUT2D eigenvalue weighted by atomic mass is 10.2. The molecule has 0 bridgehead atoms. The summed E-state index contributed by atoms with van der Waals surface area (Å²) >= 11 is 0. The average Bonchev–Trinajstić information content (AvgIpc) is 3.03. The summed E-state index contributed by atoms with van der Waals surface area (Å²) in [6.07, 6.45) is -3.45. The summed E-state index contributed by atoms with van der Waals surface area (Å²) in [5, 5.41) is 11.9. The van der Waals surface area contributed by atoms with Gasteiger partial charge in [-0.3, -0.25) is 9.48 Å². The summed E-state index contributed by atoms with van der Waals surface area (Å²) in [7, 11) is 1.52. The monoisotopic (exact) mass is 371 g/mol. The molecule has 0 aliphatic rings. The second-order valence-corrected chi connectivity index (χ2v) is 5.47. The largest absolute Gasteiger partial charge is 0.482 e. The molecule has 2 rings (SSSR count). The minimum atomic E-state index is -4.55. The van der Waals surface area contributed by atoms with Crippen LogP contribution in [0.5, 0.6) is 5.75 Å². The minimum absolute atomic E-state index is 0.228. The van der Waals surface area contributed by atoms with Crippen molar-refractivity contribution in [3.63, 3.8) is 0 Å². The summed E-state index contributed by atoms with van der Waals surface area (Å²) in [5.74, 6) is -1.12. The molecule has 1 amide bonds. The molecule has 0 aliphatic heterocycles. The fourth-order valence-electron chi connectivity index (χ4n) is 2.06. The molecule has 7 nitrogen and oxygen atoms in total. The van der Waals surface area contributed by atoms with Gasteiger partial charge in [0.25, 0.3) is 0 Å². The summed E-state index contributed by atoms with van der Waals surface area (Å²) in [6, 6.07) is 7.27. The zero-order valence-electron chi connectivity index (χ0n) is 13.7. The SMILES string of the molecule is CN(Cc1ccc(OCC(=O)O)cc1)C(=O)Cn1ccc(C(F)(F)F)n1. The van der Waals surface area contributed by atoms with E-state index in [1.54, 1.807) is 24.3 Å². The molecule has 1 aromatic heterocycles. The van der Waals surface area contributed by atoms with Crippen LogP contribution in [0.4, 0.5) is 13.2 Å². The van der Waals surface area contributed by atoms with E-state index in [4.69, 9.17) is 9.84 Å². The van der Waals surface area contributed by atoms with Crippen molar-refractivity contribution in [2.75, 3.05) is 13.7 Å². The van der Waals surface area contributed by atoms with E-state index in [9.17, 15) is 22.8 Å². The first-order chi connectivity index (χ1) is 12.1. The second-order valence-electron chi connectivity index (χ2n) is 5.47. The van der Waals surface area contributed by atoms with E-state index in [1.165, 1.54) is 11.9 Å². The van der Waals surface area contributed by atoms with Crippen molar-refractivity contribution in [1.29, 1.82) is 0 Å². The third-order valence-corrected chi connectivity index (χ3v) is 3.36. The van der Waals surface area contributed by atoms with Crippen molar-refractivity contribution >= 4 is 11.9 Å². The van der Waals surface area contributed by atoms with Crippen LogP contribution in [0.15, 0.2) is 36.5 Å². The van der Waals surface area contributed by atoms with Gasteiger partial charge in [0.15, 0.2) is 12.3 Å². The smallest absolute Gasteiger partial charge is 0.435 e. The Hall–Kier alpha value is -3.04. The van der Waals surface area contributed by atoms with Gasteiger partial charge in [-0.2, -0.15) is 18.3 Å². The van der Waals surface area contributed by atoms with E-state index in [0.717, 1.165) is 22.5 Å². The maximum absolute atomic E-state index is 12.5. The van der Waals surface area contributed by atoms with Gasteiger partial charge >= 0.3 is 12.1 Å². The number of amides is 1. The summed E-state index contributed by atoms with van der Waals surface area (Å²) in [6.45, 7) is -0.542. The van der Waals surface area contributed by atoms with Crippen molar-refractivity contribution in [3.05, 3.63) is 47.8 Å². The summed E-state index contributed by atoms with van der Waals surface area (Å²) < 4.78 is 43.4. The van der Waals surface area contributed by atoms with Crippen LogP contribution in [0.2, 0.25) is 0 Å². The van der Waals surface area contributed by atoms with Crippen LogP contribution in [0.3, 0.4) is 0 Å². The molecule has 0 saturated carbocycles. The van der Waals surface area contributed by atoms with E-state index < -0.39 is 30.4 Å². The summed E-state index contributed by atoms with van der Waals surface area (Å²) in [5.41, 5.74) is -0.301. The topological polar surface area (TPSA) is 84.7 Å². The number of nitrogens with zero attached hydrogens (tertiary/aromatic N) is 3. The number of aromatic nitrogens is 2. The fourth-order valence-corrected chi connectivity index (χ4v) is 2.06. The Morgan fingerprint density at radius 2 is 1.88 bits per heavy atom. The fraction of sp³-hybridized carbons (Fsp3) is 0.312.